The van der Waals surface area contributed by atoms with E-state index in [1.54, 1.807) is 6.92 Å². The van der Waals surface area contributed by atoms with Crippen LogP contribution < -0.4 is 4.74 Å². The number of aliphatic hydroxyl groups is 1. The Morgan fingerprint density at radius 1 is 1.10 bits per heavy atom. The lowest BCUT2D eigenvalue weighted by Crippen LogP contribution is -2.15. The van der Waals surface area contributed by atoms with Gasteiger partial charge in [-0.25, -0.2) is 0 Å². The number of benzene rings is 2. The zero-order valence-corrected chi connectivity index (χ0v) is 11.7. The van der Waals surface area contributed by atoms with Crippen LogP contribution in [0, 0.1) is 0 Å². The number of phenolic OH excluding ortho intramolecular Hbond substituents is 1. The Hall–Kier alpha value is -1.74. The summed E-state index contributed by atoms with van der Waals surface area (Å²) >= 11 is 0. The minimum Gasteiger partial charge on any atom is -0.507 e. The molecule has 0 heterocycles. The van der Waals surface area contributed by atoms with Crippen molar-refractivity contribution in [3.63, 3.8) is 0 Å². The Balaban J connectivity index is 2.21. The molecule has 3 nitrogen and oxygen atoms in total. The average Bonchev–Trinajstić information content (AvgIpc) is 2.47. The molecule has 1 aliphatic carbocycles. The Bertz CT molecular complexity index is 632. The SMILES string of the molecule is CC(O)COc1c2c(c(O)c3ccccc13)CCCC2. The van der Waals surface area contributed by atoms with Crippen LogP contribution >= 0.6 is 0 Å². The predicted octanol–water partition coefficient (Wildman–Crippen LogP) is 3.18. The molecule has 1 atom stereocenters. The van der Waals surface area contributed by atoms with Gasteiger partial charge in [0.15, 0.2) is 0 Å². The molecule has 1 unspecified atom stereocenters. The Morgan fingerprint density at radius 3 is 2.45 bits per heavy atom. The van der Waals surface area contributed by atoms with Crippen molar-refractivity contribution < 1.29 is 14.9 Å². The minimum atomic E-state index is -0.498. The summed E-state index contributed by atoms with van der Waals surface area (Å²) in [6.45, 7) is 2.00. The number of ether oxygens (including phenoxy) is 1. The molecule has 20 heavy (non-hydrogen) atoms. The van der Waals surface area contributed by atoms with Crippen LogP contribution in [0.3, 0.4) is 0 Å². The largest absolute Gasteiger partial charge is 0.507 e. The van der Waals surface area contributed by atoms with E-state index in [0.717, 1.165) is 53.3 Å². The maximum atomic E-state index is 10.5. The summed E-state index contributed by atoms with van der Waals surface area (Å²) in [6.07, 6.45) is 3.56. The summed E-state index contributed by atoms with van der Waals surface area (Å²) < 4.78 is 5.87. The summed E-state index contributed by atoms with van der Waals surface area (Å²) in [5, 5.41) is 21.7. The van der Waals surface area contributed by atoms with Crippen LogP contribution in [0.5, 0.6) is 11.5 Å². The molecule has 0 amide bonds. The van der Waals surface area contributed by atoms with Gasteiger partial charge in [0.05, 0.1) is 6.10 Å². The normalized spacial score (nSPS) is 15.9. The third-order valence-corrected chi connectivity index (χ3v) is 3.92. The fraction of sp³-hybridized carbons (Fsp3) is 0.412. The molecule has 0 aliphatic heterocycles. The van der Waals surface area contributed by atoms with Crippen LogP contribution in [0.25, 0.3) is 10.8 Å². The van der Waals surface area contributed by atoms with Crippen molar-refractivity contribution in [3.05, 3.63) is 35.4 Å². The predicted molar refractivity (Wildman–Crippen MR) is 79.4 cm³/mol. The van der Waals surface area contributed by atoms with Crippen LogP contribution in [0.4, 0.5) is 0 Å². The van der Waals surface area contributed by atoms with E-state index in [9.17, 15) is 10.2 Å². The molecule has 2 aromatic rings. The number of fused-ring (bicyclic) bond motifs is 2. The number of hydrogen-bond donors (Lipinski definition) is 2. The van der Waals surface area contributed by atoms with E-state index in [4.69, 9.17) is 4.74 Å². The van der Waals surface area contributed by atoms with Crippen molar-refractivity contribution >= 4 is 10.8 Å². The Labute approximate surface area is 118 Å². The van der Waals surface area contributed by atoms with Crippen LogP contribution in [-0.4, -0.2) is 22.9 Å². The van der Waals surface area contributed by atoms with Gasteiger partial charge in [-0.05, 0) is 32.6 Å². The molecular weight excluding hydrogens is 252 g/mol. The Morgan fingerprint density at radius 2 is 1.75 bits per heavy atom. The van der Waals surface area contributed by atoms with Gasteiger partial charge in [0.2, 0.25) is 0 Å². The van der Waals surface area contributed by atoms with Gasteiger partial charge >= 0.3 is 0 Å². The number of phenols is 1. The van der Waals surface area contributed by atoms with Crippen molar-refractivity contribution in [2.24, 2.45) is 0 Å². The lowest BCUT2D eigenvalue weighted by Gasteiger charge is -2.23. The molecule has 0 radical (unpaired) electrons. The first-order chi connectivity index (χ1) is 9.68. The summed E-state index contributed by atoms with van der Waals surface area (Å²) in [4.78, 5) is 0. The van der Waals surface area contributed by atoms with Gasteiger partial charge in [0.1, 0.15) is 18.1 Å². The van der Waals surface area contributed by atoms with Crippen molar-refractivity contribution in [2.75, 3.05) is 6.61 Å². The lowest BCUT2D eigenvalue weighted by molar-refractivity contribution is 0.123. The number of aromatic hydroxyl groups is 1. The van der Waals surface area contributed by atoms with Gasteiger partial charge in [-0.3, -0.25) is 0 Å². The summed E-state index contributed by atoms with van der Waals surface area (Å²) in [6, 6.07) is 7.78. The molecule has 0 aromatic heterocycles. The summed E-state index contributed by atoms with van der Waals surface area (Å²) in [5.41, 5.74) is 2.14. The molecule has 3 heteroatoms. The first kappa shape index (κ1) is 13.3. The second-order valence-corrected chi connectivity index (χ2v) is 5.55. The lowest BCUT2D eigenvalue weighted by atomic mass is 9.87. The second-order valence-electron chi connectivity index (χ2n) is 5.55. The molecular formula is C17H20O3. The fourth-order valence-corrected chi connectivity index (χ4v) is 3.00. The van der Waals surface area contributed by atoms with Crippen molar-refractivity contribution in [3.8, 4) is 11.5 Å². The maximum absolute atomic E-state index is 10.5. The monoisotopic (exact) mass is 272 g/mol. The highest BCUT2D eigenvalue weighted by Gasteiger charge is 2.22. The van der Waals surface area contributed by atoms with E-state index in [0.29, 0.717) is 5.75 Å². The van der Waals surface area contributed by atoms with E-state index in [-0.39, 0.29) is 6.61 Å². The van der Waals surface area contributed by atoms with Crippen molar-refractivity contribution in [1.82, 2.24) is 0 Å². The standard InChI is InChI=1S/C17H20O3/c1-11(18)10-20-17-14-8-4-2-6-12(14)16(19)13-7-3-5-9-15(13)17/h2,4,6,8,11,18-19H,3,5,7,9-10H2,1H3. The van der Waals surface area contributed by atoms with E-state index in [2.05, 4.69) is 0 Å². The van der Waals surface area contributed by atoms with Crippen molar-refractivity contribution in [2.45, 2.75) is 38.7 Å². The molecule has 3 rings (SSSR count). The maximum Gasteiger partial charge on any atom is 0.130 e. The average molecular weight is 272 g/mol. The van der Waals surface area contributed by atoms with Crippen LogP contribution in [-0.2, 0) is 12.8 Å². The van der Waals surface area contributed by atoms with Gasteiger partial charge in [0, 0.05) is 21.9 Å². The van der Waals surface area contributed by atoms with Gasteiger partial charge in [-0.1, -0.05) is 24.3 Å². The smallest absolute Gasteiger partial charge is 0.130 e. The van der Waals surface area contributed by atoms with Crippen molar-refractivity contribution in [1.29, 1.82) is 0 Å². The third-order valence-electron chi connectivity index (χ3n) is 3.92. The highest BCUT2D eigenvalue weighted by atomic mass is 16.5. The topological polar surface area (TPSA) is 49.7 Å². The van der Waals surface area contributed by atoms with Gasteiger partial charge in [-0.2, -0.15) is 0 Å². The first-order valence-electron chi connectivity index (χ1n) is 7.24. The number of aliphatic hydroxyl groups excluding tert-OH is 1. The van der Waals surface area contributed by atoms with Gasteiger partial charge < -0.3 is 14.9 Å². The van der Waals surface area contributed by atoms with Gasteiger partial charge in [0.25, 0.3) is 0 Å². The quantitative estimate of drug-likeness (QED) is 0.902. The highest BCUT2D eigenvalue weighted by Crippen LogP contribution is 2.43. The van der Waals surface area contributed by atoms with E-state index < -0.39 is 6.10 Å². The highest BCUT2D eigenvalue weighted by molar-refractivity contribution is 5.96. The molecule has 106 valence electrons. The number of rotatable bonds is 3. The summed E-state index contributed by atoms with van der Waals surface area (Å²) in [7, 11) is 0. The van der Waals surface area contributed by atoms with Gasteiger partial charge in [-0.15, -0.1) is 0 Å². The third kappa shape index (κ3) is 2.22. The summed E-state index contributed by atoms with van der Waals surface area (Å²) in [5.74, 6) is 1.24. The molecule has 0 saturated heterocycles. The fourth-order valence-electron chi connectivity index (χ4n) is 3.00. The molecule has 0 spiro atoms. The zero-order valence-electron chi connectivity index (χ0n) is 11.7. The van der Waals surface area contributed by atoms with E-state index in [1.807, 2.05) is 24.3 Å². The number of hydrogen-bond acceptors (Lipinski definition) is 3. The first-order valence-corrected chi connectivity index (χ1v) is 7.24. The minimum absolute atomic E-state index is 0.279. The van der Waals surface area contributed by atoms with Crippen LogP contribution in [0.2, 0.25) is 0 Å². The molecule has 2 aromatic carbocycles. The molecule has 1 aliphatic rings. The molecule has 0 fully saturated rings. The molecule has 0 bridgehead atoms. The van der Waals surface area contributed by atoms with E-state index in [1.165, 1.54) is 0 Å². The van der Waals surface area contributed by atoms with Crippen LogP contribution in [0.1, 0.15) is 30.9 Å². The molecule has 0 saturated carbocycles. The zero-order chi connectivity index (χ0) is 14.1. The molecule has 2 N–H and O–H groups in total. The second kappa shape index (κ2) is 5.33. The van der Waals surface area contributed by atoms with Crippen LogP contribution in [0.15, 0.2) is 24.3 Å². The Kier molecular flexibility index (Phi) is 3.53. The van der Waals surface area contributed by atoms with E-state index >= 15 is 0 Å².